The van der Waals surface area contributed by atoms with E-state index >= 15 is 0 Å². The third-order valence-electron chi connectivity index (χ3n) is 3.21. The van der Waals surface area contributed by atoms with Crippen molar-refractivity contribution in [1.29, 1.82) is 0 Å². The second-order valence-corrected chi connectivity index (χ2v) is 7.44. The summed E-state index contributed by atoms with van der Waals surface area (Å²) in [5, 5.41) is 4.33. The first kappa shape index (κ1) is 19.4. The van der Waals surface area contributed by atoms with Crippen molar-refractivity contribution in [1.82, 2.24) is 5.32 Å². The first-order valence-corrected chi connectivity index (χ1v) is 9.47. The van der Waals surface area contributed by atoms with Crippen LogP contribution >= 0.6 is 46.6 Å². The quantitative estimate of drug-likeness (QED) is 0.626. The highest BCUT2D eigenvalue weighted by Gasteiger charge is 2.08. The molecule has 1 N–H and O–H groups in total. The molecule has 0 bridgehead atoms. The lowest BCUT2D eigenvalue weighted by Gasteiger charge is -2.07. The number of benzene rings is 2. The van der Waals surface area contributed by atoms with E-state index in [1.165, 1.54) is 12.1 Å². The van der Waals surface area contributed by atoms with Crippen LogP contribution in [0.1, 0.15) is 11.1 Å². The number of carbonyl (C=O) groups excluding carboxylic acids is 1. The number of rotatable bonds is 7. The molecule has 0 saturated carbocycles. The maximum Gasteiger partial charge on any atom is 0.224 e. The fraction of sp³-hybridized carbons (Fsp3) is 0.235. The molecule has 2 rings (SSSR count). The van der Waals surface area contributed by atoms with Gasteiger partial charge in [0, 0.05) is 33.1 Å². The van der Waals surface area contributed by atoms with Crippen molar-refractivity contribution in [2.24, 2.45) is 0 Å². The molecule has 1 amide bonds. The van der Waals surface area contributed by atoms with Crippen LogP contribution in [0.3, 0.4) is 0 Å². The molecule has 0 saturated heterocycles. The molecule has 7 heteroatoms. The van der Waals surface area contributed by atoms with Crippen LogP contribution in [-0.4, -0.2) is 18.2 Å². The first-order valence-electron chi connectivity index (χ1n) is 7.18. The topological polar surface area (TPSA) is 29.1 Å². The molecule has 0 aromatic heterocycles. The molecule has 0 heterocycles. The fourth-order valence-corrected chi connectivity index (χ4v) is 3.56. The van der Waals surface area contributed by atoms with Gasteiger partial charge in [0.05, 0.1) is 6.42 Å². The van der Waals surface area contributed by atoms with Gasteiger partial charge in [0.25, 0.3) is 0 Å². The monoisotopic (exact) mass is 405 g/mol. The summed E-state index contributed by atoms with van der Waals surface area (Å²) in [6.45, 7) is 0.504. The van der Waals surface area contributed by atoms with Crippen LogP contribution in [0.15, 0.2) is 36.4 Å². The standard InChI is InChI=1S/C17H15Cl3FNOS/c18-13-4-2-12(15(20)8-13)10-24-6-5-22-17(23)7-11-1-3-14(19)9-16(11)21/h1-4,8-9H,5-7,10H2,(H,22,23). The Hall–Kier alpha value is -0.940. The first-order chi connectivity index (χ1) is 11.5. The molecule has 24 heavy (non-hydrogen) atoms. The number of carbonyl (C=O) groups is 1. The number of nitrogens with one attached hydrogen (secondary N) is 1. The van der Waals surface area contributed by atoms with Gasteiger partial charge < -0.3 is 5.32 Å². The van der Waals surface area contributed by atoms with Gasteiger partial charge in [-0.1, -0.05) is 46.9 Å². The fourth-order valence-electron chi connectivity index (χ4n) is 1.98. The molecule has 0 aliphatic rings. The van der Waals surface area contributed by atoms with E-state index in [1.807, 2.05) is 6.07 Å². The molecule has 0 spiro atoms. The van der Waals surface area contributed by atoms with E-state index in [4.69, 9.17) is 34.8 Å². The molecule has 0 radical (unpaired) electrons. The number of hydrogen-bond acceptors (Lipinski definition) is 2. The molecular formula is C17H15Cl3FNOS. The highest BCUT2D eigenvalue weighted by molar-refractivity contribution is 7.98. The third-order valence-corrected chi connectivity index (χ3v) is 5.04. The van der Waals surface area contributed by atoms with Crippen LogP contribution < -0.4 is 5.32 Å². The molecule has 2 aromatic rings. The third kappa shape index (κ3) is 6.17. The zero-order valence-corrected chi connectivity index (χ0v) is 15.7. The predicted octanol–water partition coefficient (Wildman–Crippen LogP) is 5.38. The van der Waals surface area contributed by atoms with E-state index in [0.717, 1.165) is 17.1 Å². The van der Waals surface area contributed by atoms with E-state index in [1.54, 1.807) is 30.0 Å². The van der Waals surface area contributed by atoms with E-state index in [2.05, 4.69) is 5.32 Å². The Morgan fingerprint density at radius 2 is 1.71 bits per heavy atom. The Balaban J connectivity index is 1.69. The molecule has 0 atom stereocenters. The van der Waals surface area contributed by atoms with Crippen LogP contribution in [0, 0.1) is 5.82 Å². The van der Waals surface area contributed by atoms with Gasteiger partial charge in [-0.3, -0.25) is 4.79 Å². The summed E-state index contributed by atoms with van der Waals surface area (Å²) in [5.74, 6) is 0.775. The smallest absolute Gasteiger partial charge is 0.224 e. The molecule has 0 unspecified atom stereocenters. The zero-order chi connectivity index (χ0) is 17.5. The highest BCUT2D eigenvalue weighted by Crippen LogP contribution is 2.24. The van der Waals surface area contributed by atoms with Crippen LogP contribution in [0.25, 0.3) is 0 Å². The second-order valence-electron chi connectivity index (χ2n) is 5.05. The highest BCUT2D eigenvalue weighted by atomic mass is 35.5. The number of halogens is 4. The van der Waals surface area contributed by atoms with Gasteiger partial charge in [-0.25, -0.2) is 4.39 Å². The normalized spacial score (nSPS) is 10.7. The number of hydrogen-bond donors (Lipinski definition) is 1. The van der Waals surface area contributed by atoms with E-state index in [9.17, 15) is 9.18 Å². The number of thioether (sulfide) groups is 1. The minimum atomic E-state index is -0.468. The summed E-state index contributed by atoms with van der Waals surface area (Å²) in [4.78, 5) is 11.8. The van der Waals surface area contributed by atoms with Crippen molar-refractivity contribution in [3.8, 4) is 0 Å². The SMILES string of the molecule is O=C(Cc1ccc(Cl)cc1F)NCCSCc1ccc(Cl)cc1Cl. The summed E-state index contributed by atoms with van der Waals surface area (Å²) in [6.07, 6.45) is -0.00329. The average molecular weight is 407 g/mol. The van der Waals surface area contributed by atoms with Crippen LogP contribution in [-0.2, 0) is 17.0 Å². The Kier molecular flexibility index (Phi) is 7.69. The van der Waals surface area contributed by atoms with Crippen molar-refractivity contribution < 1.29 is 9.18 Å². The summed E-state index contributed by atoms with van der Waals surface area (Å²) < 4.78 is 13.6. The lowest BCUT2D eigenvalue weighted by molar-refractivity contribution is -0.120. The summed E-state index contributed by atoms with van der Waals surface area (Å²) in [5.41, 5.74) is 1.33. The molecule has 0 fully saturated rings. The molecule has 2 aromatic carbocycles. The largest absolute Gasteiger partial charge is 0.355 e. The van der Waals surface area contributed by atoms with Crippen molar-refractivity contribution in [3.63, 3.8) is 0 Å². The van der Waals surface area contributed by atoms with Crippen LogP contribution in [0.2, 0.25) is 15.1 Å². The van der Waals surface area contributed by atoms with Crippen LogP contribution in [0.5, 0.6) is 0 Å². The van der Waals surface area contributed by atoms with Gasteiger partial charge in [-0.2, -0.15) is 11.8 Å². The van der Waals surface area contributed by atoms with E-state index < -0.39 is 5.82 Å². The van der Waals surface area contributed by atoms with Crippen molar-refractivity contribution >= 4 is 52.5 Å². The van der Waals surface area contributed by atoms with Crippen molar-refractivity contribution in [3.05, 3.63) is 68.4 Å². The van der Waals surface area contributed by atoms with Gasteiger partial charge in [-0.15, -0.1) is 0 Å². The summed E-state index contributed by atoms with van der Waals surface area (Å²) in [7, 11) is 0. The molecule has 0 aliphatic heterocycles. The minimum absolute atomic E-state index is 0.00329. The van der Waals surface area contributed by atoms with Gasteiger partial charge in [-0.05, 0) is 35.4 Å². The average Bonchev–Trinajstić information content (AvgIpc) is 2.51. The number of amides is 1. The maximum absolute atomic E-state index is 13.6. The summed E-state index contributed by atoms with van der Waals surface area (Å²) >= 11 is 19.3. The maximum atomic E-state index is 13.6. The summed E-state index contributed by atoms with van der Waals surface area (Å²) in [6, 6.07) is 9.69. The molecule has 2 nitrogen and oxygen atoms in total. The van der Waals surface area contributed by atoms with Gasteiger partial charge >= 0.3 is 0 Å². The lowest BCUT2D eigenvalue weighted by Crippen LogP contribution is -2.27. The van der Waals surface area contributed by atoms with Crippen molar-refractivity contribution in [2.75, 3.05) is 12.3 Å². The second kappa shape index (κ2) is 9.52. The van der Waals surface area contributed by atoms with Gasteiger partial charge in [0.2, 0.25) is 5.91 Å². The zero-order valence-electron chi connectivity index (χ0n) is 12.6. The Morgan fingerprint density at radius 3 is 2.38 bits per heavy atom. The Morgan fingerprint density at radius 1 is 1.04 bits per heavy atom. The molecule has 128 valence electrons. The Bertz CT molecular complexity index is 727. The van der Waals surface area contributed by atoms with Gasteiger partial charge in [0.1, 0.15) is 5.82 Å². The molecular weight excluding hydrogens is 392 g/mol. The Labute approximate surface area is 159 Å². The van der Waals surface area contributed by atoms with E-state index in [-0.39, 0.29) is 12.3 Å². The van der Waals surface area contributed by atoms with E-state index in [0.29, 0.717) is 27.2 Å². The van der Waals surface area contributed by atoms with Crippen LogP contribution in [0.4, 0.5) is 4.39 Å². The minimum Gasteiger partial charge on any atom is -0.355 e. The van der Waals surface area contributed by atoms with Gasteiger partial charge in [0.15, 0.2) is 0 Å². The van der Waals surface area contributed by atoms with Crippen molar-refractivity contribution in [2.45, 2.75) is 12.2 Å². The molecule has 0 aliphatic carbocycles. The predicted molar refractivity (Wildman–Crippen MR) is 101 cm³/mol. The lowest BCUT2D eigenvalue weighted by atomic mass is 10.1.